The molecule has 80 valence electrons. The van der Waals surface area contributed by atoms with Gasteiger partial charge in [-0.05, 0) is 13.3 Å². The molecule has 0 fully saturated rings. The minimum absolute atomic E-state index is 0.275. The quantitative estimate of drug-likeness (QED) is 0.733. The van der Waals surface area contributed by atoms with E-state index in [1.54, 1.807) is 13.0 Å². The van der Waals surface area contributed by atoms with Gasteiger partial charge in [0.15, 0.2) is 11.7 Å². The van der Waals surface area contributed by atoms with E-state index in [9.17, 15) is 4.79 Å². The third kappa shape index (κ3) is 2.34. The van der Waals surface area contributed by atoms with Crippen molar-refractivity contribution in [3.05, 3.63) is 11.8 Å². The van der Waals surface area contributed by atoms with Crippen molar-refractivity contribution >= 4 is 17.6 Å². The lowest BCUT2D eigenvalue weighted by Gasteiger charge is -2.12. The number of hydrogen-bond donors (Lipinski definition) is 2. The van der Waals surface area contributed by atoms with Crippen LogP contribution in [0.4, 0.5) is 5.82 Å². The first-order chi connectivity index (χ1) is 7.25. The minimum atomic E-state index is -0.275. The molecule has 0 radical (unpaired) electrons. The number of aromatic nitrogens is 1. The van der Waals surface area contributed by atoms with Crippen LogP contribution >= 0.6 is 0 Å². The summed E-state index contributed by atoms with van der Waals surface area (Å²) >= 11 is 0. The molecule has 1 aliphatic heterocycles. The van der Waals surface area contributed by atoms with Crippen LogP contribution < -0.4 is 10.6 Å². The number of carbonyl (C=O) groups is 1. The SMILES string of the molecule is Cc1cc(NC(=O)C2=NCCCN2)no1. The van der Waals surface area contributed by atoms with Crippen LogP contribution in [0.1, 0.15) is 12.2 Å². The lowest BCUT2D eigenvalue weighted by molar-refractivity contribution is -0.110. The minimum Gasteiger partial charge on any atom is -0.366 e. The van der Waals surface area contributed by atoms with E-state index < -0.39 is 0 Å². The van der Waals surface area contributed by atoms with Gasteiger partial charge in [0.25, 0.3) is 5.91 Å². The zero-order chi connectivity index (χ0) is 10.7. The Kier molecular flexibility index (Phi) is 2.66. The van der Waals surface area contributed by atoms with Gasteiger partial charge in [0.05, 0.1) is 0 Å². The topological polar surface area (TPSA) is 79.5 Å². The highest BCUT2D eigenvalue weighted by Crippen LogP contribution is 2.06. The summed E-state index contributed by atoms with van der Waals surface area (Å²) in [5, 5.41) is 9.18. The van der Waals surface area contributed by atoms with E-state index in [1.807, 2.05) is 0 Å². The van der Waals surface area contributed by atoms with E-state index in [2.05, 4.69) is 20.8 Å². The summed E-state index contributed by atoms with van der Waals surface area (Å²) in [5.74, 6) is 1.15. The van der Waals surface area contributed by atoms with E-state index in [0.29, 0.717) is 24.0 Å². The number of hydrogen-bond acceptors (Lipinski definition) is 5. The number of carbonyl (C=O) groups excluding carboxylic acids is 1. The Bertz CT molecular complexity index is 397. The smallest absolute Gasteiger partial charge is 0.291 e. The highest BCUT2D eigenvalue weighted by Gasteiger charge is 2.14. The molecule has 0 aliphatic carbocycles. The number of anilines is 1. The lowest BCUT2D eigenvalue weighted by atomic mass is 10.3. The Morgan fingerprint density at radius 2 is 2.53 bits per heavy atom. The van der Waals surface area contributed by atoms with Gasteiger partial charge < -0.3 is 15.2 Å². The predicted octanol–water partition coefficient (Wildman–Crippen LogP) is 0.313. The van der Waals surface area contributed by atoms with Crippen LogP contribution in [-0.4, -0.2) is 30.0 Å². The number of aliphatic imine (C=N–C) groups is 1. The molecule has 15 heavy (non-hydrogen) atoms. The van der Waals surface area contributed by atoms with Crippen LogP contribution in [0.25, 0.3) is 0 Å². The molecular formula is C9H12N4O2. The molecule has 1 amide bonds. The second-order valence-electron chi connectivity index (χ2n) is 3.29. The van der Waals surface area contributed by atoms with Gasteiger partial charge in [0.2, 0.25) is 0 Å². The fraction of sp³-hybridized carbons (Fsp3) is 0.444. The fourth-order valence-electron chi connectivity index (χ4n) is 1.29. The van der Waals surface area contributed by atoms with Gasteiger partial charge in [0, 0.05) is 19.2 Å². The maximum atomic E-state index is 11.6. The first kappa shape index (κ1) is 9.70. The molecule has 2 N–H and O–H groups in total. The summed E-state index contributed by atoms with van der Waals surface area (Å²) in [5.41, 5.74) is 0. The highest BCUT2D eigenvalue weighted by atomic mass is 16.5. The van der Waals surface area contributed by atoms with Crippen LogP contribution in [0.3, 0.4) is 0 Å². The van der Waals surface area contributed by atoms with Crippen LogP contribution in [0.5, 0.6) is 0 Å². The second-order valence-corrected chi connectivity index (χ2v) is 3.29. The molecule has 1 aliphatic rings. The van der Waals surface area contributed by atoms with E-state index in [1.165, 1.54) is 0 Å². The monoisotopic (exact) mass is 208 g/mol. The van der Waals surface area contributed by atoms with Crippen molar-refractivity contribution < 1.29 is 9.32 Å². The predicted molar refractivity (Wildman–Crippen MR) is 54.8 cm³/mol. The number of amides is 1. The van der Waals surface area contributed by atoms with Crippen LogP contribution in [0.2, 0.25) is 0 Å². The summed E-state index contributed by atoms with van der Waals surface area (Å²) in [6, 6.07) is 1.65. The molecule has 0 saturated carbocycles. The van der Waals surface area contributed by atoms with Crippen molar-refractivity contribution in [3.63, 3.8) is 0 Å². The molecule has 6 heteroatoms. The molecule has 1 aromatic heterocycles. The first-order valence-corrected chi connectivity index (χ1v) is 4.79. The number of amidine groups is 1. The normalized spacial score (nSPS) is 15.4. The molecular weight excluding hydrogens is 196 g/mol. The number of rotatable bonds is 2. The molecule has 0 aromatic carbocycles. The van der Waals surface area contributed by atoms with Gasteiger partial charge in [-0.2, -0.15) is 0 Å². The average molecular weight is 208 g/mol. The van der Waals surface area contributed by atoms with Gasteiger partial charge in [-0.3, -0.25) is 9.79 Å². The Morgan fingerprint density at radius 3 is 3.13 bits per heavy atom. The molecule has 1 aromatic rings. The van der Waals surface area contributed by atoms with Crippen molar-refractivity contribution in [2.45, 2.75) is 13.3 Å². The molecule has 0 saturated heterocycles. The molecule has 0 atom stereocenters. The van der Waals surface area contributed by atoms with Crippen molar-refractivity contribution in [2.75, 3.05) is 18.4 Å². The molecule has 2 heterocycles. The summed E-state index contributed by atoms with van der Waals surface area (Å²) in [6.07, 6.45) is 0.958. The fourth-order valence-corrected chi connectivity index (χ4v) is 1.29. The van der Waals surface area contributed by atoms with E-state index >= 15 is 0 Å². The van der Waals surface area contributed by atoms with Gasteiger partial charge in [-0.15, -0.1) is 0 Å². The zero-order valence-corrected chi connectivity index (χ0v) is 8.41. The van der Waals surface area contributed by atoms with Crippen molar-refractivity contribution in [2.24, 2.45) is 4.99 Å². The van der Waals surface area contributed by atoms with Crippen LogP contribution in [-0.2, 0) is 4.79 Å². The Balaban J connectivity index is 2.00. The van der Waals surface area contributed by atoms with Gasteiger partial charge in [-0.25, -0.2) is 0 Å². The Hall–Kier alpha value is -1.85. The van der Waals surface area contributed by atoms with Crippen molar-refractivity contribution in [3.8, 4) is 0 Å². The lowest BCUT2D eigenvalue weighted by Crippen LogP contribution is -2.39. The second kappa shape index (κ2) is 4.12. The van der Waals surface area contributed by atoms with Gasteiger partial charge in [0.1, 0.15) is 5.76 Å². The van der Waals surface area contributed by atoms with E-state index in [0.717, 1.165) is 13.0 Å². The number of nitrogens with zero attached hydrogens (tertiary/aromatic N) is 2. The first-order valence-electron chi connectivity index (χ1n) is 4.79. The summed E-state index contributed by atoms with van der Waals surface area (Å²) in [4.78, 5) is 15.7. The van der Waals surface area contributed by atoms with Crippen LogP contribution in [0.15, 0.2) is 15.6 Å². The maximum absolute atomic E-state index is 11.6. The summed E-state index contributed by atoms with van der Waals surface area (Å²) in [7, 11) is 0. The third-order valence-electron chi connectivity index (χ3n) is 1.98. The maximum Gasteiger partial charge on any atom is 0.291 e. The molecule has 2 rings (SSSR count). The average Bonchev–Trinajstić information content (AvgIpc) is 2.65. The van der Waals surface area contributed by atoms with Crippen molar-refractivity contribution in [1.29, 1.82) is 0 Å². The van der Waals surface area contributed by atoms with Crippen molar-refractivity contribution in [1.82, 2.24) is 10.5 Å². The molecule has 0 unspecified atom stereocenters. The van der Waals surface area contributed by atoms with Gasteiger partial charge in [-0.1, -0.05) is 5.16 Å². The van der Waals surface area contributed by atoms with Gasteiger partial charge >= 0.3 is 0 Å². The molecule has 0 bridgehead atoms. The largest absolute Gasteiger partial charge is 0.366 e. The number of aryl methyl sites for hydroxylation is 1. The Morgan fingerprint density at radius 1 is 1.67 bits per heavy atom. The standard InChI is InChI=1S/C9H12N4O2/c1-6-5-7(13-15-6)12-9(14)8-10-3-2-4-11-8/h5H,2-4H2,1H3,(H,10,11)(H,12,13,14). The molecule has 6 nitrogen and oxygen atoms in total. The molecule has 0 spiro atoms. The third-order valence-corrected chi connectivity index (χ3v) is 1.98. The Labute approximate surface area is 86.7 Å². The number of nitrogens with one attached hydrogen (secondary N) is 2. The summed E-state index contributed by atoms with van der Waals surface area (Å²) < 4.78 is 4.83. The van der Waals surface area contributed by atoms with E-state index in [-0.39, 0.29) is 5.91 Å². The summed E-state index contributed by atoms with van der Waals surface area (Å²) in [6.45, 7) is 3.23. The van der Waals surface area contributed by atoms with E-state index in [4.69, 9.17) is 4.52 Å². The van der Waals surface area contributed by atoms with Crippen LogP contribution in [0, 0.1) is 6.92 Å². The highest BCUT2D eigenvalue weighted by molar-refractivity contribution is 6.42. The zero-order valence-electron chi connectivity index (χ0n) is 8.41.